The fourth-order valence-corrected chi connectivity index (χ4v) is 1.66. The van der Waals surface area contributed by atoms with Gasteiger partial charge in [0.15, 0.2) is 0 Å². The fraction of sp³-hybridized carbons (Fsp3) is 0.833. The summed E-state index contributed by atoms with van der Waals surface area (Å²) < 4.78 is 0. The molecule has 0 aliphatic heterocycles. The van der Waals surface area contributed by atoms with Gasteiger partial charge in [-0.1, -0.05) is 26.7 Å². The molecule has 0 rings (SSSR count). The first-order chi connectivity index (χ1) is 8.01. The zero-order chi connectivity index (χ0) is 13.3. The lowest BCUT2D eigenvalue weighted by molar-refractivity contribution is -0.141. The Balaban J connectivity index is 3.91. The van der Waals surface area contributed by atoms with Crippen molar-refractivity contribution in [3.05, 3.63) is 0 Å². The van der Waals surface area contributed by atoms with Gasteiger partial charge < -0.3 is 15.7 Å². The molecule has 0 aliphatic rings. The van der Waals surface area contributed by atoms with Gasteiger partial charge in [-0.3, -0.25) is 4.79 Å². The number of carboxylic acids is 1. The quantitative estimate of drug-likeness (QED) is 0.611. The van der Waals surface area contributed by atoms with Crippen molar-refractivity contribution in [2.75, 3.05) is 6.54 Å². The summed E-state index contributed by atoms with van der Waals surface area (Å²) in [6, 6.07) is -0.164. The first-order valence-corrected chi connectivity index (χ1v) is 6.28. The summed E-state index contributed by atoms with van der Waals surface area (Å²) in [5.74, 6) is -1.35. The lowest BCUT2D eigenvalue weighted by Gasteiger charge is -2.16. The Morgan fingerprint density at radius 2 is 1.76 bits per heavy atom. The van der Waals surface area contributed by atoms with Crippen molar-refractivity contribution in [1.29, 1.82) is 0 Å². The minimum absolute atomic E-state index is 0.120. The highest BCUT2D eigenvalue weighted by atomic mass is 16.4. The van der Waals surface area contributed by atoms with Crippen molar-refractivity contribution < 1.29 is 14.7 Å². The first-order valence-electron chi connectivity index (χ1n) is 6.28. The molecule has 0 heterocycles. The van der Waals surface area contributed by atoms with Gasteiger partial charge in [0.05, 0.1) is 5.92 Å². The van der Waals surface area contributed by atoms with Crippen LogP contribution in [0.2, 0.25) is 0 Å². The zero-order valence-corrected chi connectivity index (χ0v) is 11.0. The van der Waals surface area contributed by atoms with Crippen LogP contribution in [0.1, 0.15) is 46.5 Å². The van der Waals surface area contributed by atoms with Crippen molar-refractivity contribution in [2.45, 2.75) is 52.5 Å². The molecule has 0 saturated carbocycles. The molecule has 17 heavy (non-hydrogen) atoms. The molecule has 2 unspecified atom stereocenters. The highest BCUT2D eigenvalue weighted by molar-refractivity contribution is 5.76. The number of aliphatic carboxylic acids is 1. The largest absolute Gasteiger partial charge is 0.481 e. The summed E-state index contributed by atoms with van der Waals surface area (Å²) in [4.78, 5) is 22.3. The molecule has 5 nitrogen and oxygen atoms in total. The summed E-state index contributed by atoms with van der Waals surface area (Å²) in [6.45, 7) is 6.11. The van der Waals surface area contributed by atoms with Crippen LogP contribution >= 0.6 is 0 Å². The molecule has 5 heteroatoms. The minimum atomic E-state index is -0.853. The van der Waals surface area contributed by atoms with E-state index in [9.17, 15) is 9.59 Å². The van der Waals surface area contributed by atoms with Crippen molar-refractivity contribution >= 4 is 12.0 Å². The Morgan fingerprint density at radius 3 is 2.24 bits per heavy atom. The van der Waals surface area contributed by atoms with Crippen LogP contribution in [-0.4, -0.2) is 29.7 Å². The van der Waals surface area contributed by atoms with E-state index in [0.717, 1.165) is 19.3 Å². The normalized spacial score (nSPS) is 13.8. The van der Waals surface area contributed by atoms with Gasteiger partial charge in [0.1, 0.15) is 0 Å². The summed E-state index contributed by atoms with van der Waals surface area (Å²) in [5.41, 5.74) is 0. The van der Waals surface area contributed by atoms with Crippen LogP contribution in [0.25, 0.3) is 0 Å². The van der Waals surface area contributed by atoms with Crippen LogP contribution in [0.15, 0.2) is 0 Å². The fourth-order valence-electron chi connectivity index (χ4n) is 1.66. The lowest BCUT2D eigenvalue weighted by atomic mass is 10.0. The predicted molar refractivity (Wildman–Crippen MR) is 66.9 cm³/mol. The van der Waals surface area contributed by atoms with E-state index in [0.29, 0.717) is 6.42 Å². The standard InChI is InChI=1S/C12H24N2O3/c1-4-6-9(3)14-12(17)13-8-10(7-5-2)11(15)16/h9-10H,4-8H2,1-3H3,(H,15,16)(H2,13,14,17). The third-order valence-corrected chi connectivity index (χ3v) is 2.59. The molecule has 0 spiro atoms. The average Bonchev–Trinajstić information content (AvgIpc) is 2.23. The summed E-state index contributed by atoms with van der Waals surface area (Å²) in [5, 5.41) is 14.3. The Kier molecular flexibility index (Phi) is 8.19. The minimum Gasteiger partial charge on any atom is -0.481 e. The molecule has 0 aromatic heterocycles. The van der Waals surface area contributed by atoms with Crippen LogP contribution in [0.4, 0.5) is 4.79 Å². The van der Waals surface area contributed by atoms with Crippen molar-refractivity contribution in [2.24, 2.45) is 5.92 Å². The van der Waals surface area contributed by atoms with Gasteiger partial charge in [-0.25, -0.2) is 4.79 Å². The number of carbonyl (C=O) groups excluding carboxylic acids is 1. The third-order valence-electron chi connectivity index (χ3n) is 2.59. The second kappa shape index (κ2) is 8.84. The molecule has 2 atom stereocenters. The molecule has 100 valence electrons. The second-order valence-corrected chi connectivity index (χ2v) is 4.37. The average molecular weight is 244 g/mol. The monoisotopic (exact) mass is 244 g/mol. The number of carbonyl (C=O) groups is 2. The highest BCUT2D eigenvalue weighted by Crippen LogP contribution is 2.04. The van der Waals surface area contributed by atoms with E-state index in [2.05, 4.69) is 17.6 Å². The number of urea groups is 1. The molecule has 0 saturated heterocycles. The molecule has 2 amide bonds. The van der Waals surface area contributed by atoms with Crippen LogP contribution in [0.3, 0.4) is 0 Å². The number of nitrogens with one attached hydrogen (secondary N) is 2. The maximum absolute atomic E-state index is 11.4. The van der Waals surface area contributed by atoms with Gasteiger partial charge in [-0.05, 0) is 19.8 Å². The van der Waals surface area contributed by atoms with Crippen molar-refractivity contribution in [3.63, 3.8) is 0 Å². The molecule has 0 aromatic carbocycles. The van der Waals surface area contributed by atoms with Gasteiger partial charge in [-0.2, -0.15) is 0 Å². The van der Waals surface area contributed by atoms with E-state index in [-0.39, 0.29) is 18.6 Å². The van der Waals surface area contributed by atoms with Gasteiger partial charge in [0.2, 0.25) is 0 Å². The van der Waals surface area contributed by atoms with Crippen LogP contribution < -0.4 is 10.6 Å². The number of hydrogen-bond acceptors (Lipinski definition) is 2. The Hall–Kier alpha value is -1.26. The van der Waals surface area contributed by atoms with E-state index >= 15 is 0 Å². The Bertz CT molecular complexity index is 244. The molecule has 0 aromatic rings. The van der Waals surface area contributed by atoms with Crippen molar-refractivity contribution in [1.82, 2.24) is 10.6 Å². The van der Waals surface area contributed by atoms with Crippen molar-refractivity contribution in [3.8, 4) is 0 Å². The predicted octanol–water partition coefficient (Wildman–Crippen LogP) is 1.98. The lowest BCUT2D eigenvalue weighted by Crippen LogP contribution is -2.43. The van der Waals surface area contributed by atoms with Gasteiger partial charge in [0.25, 0.3) is 0 Å². The molecule has 3 N–H and O–H groups in total. The Labute approximate surface area is 103 Å². The van der Waals surface area contributed by atoms with Gasteiger partial charge in [0, 0.05) is 12.6 Å². The summed E-state index contributed by atoms with van der Waals surface area (Å²) >= 11 is 0. The number of amides is 2. The van der Waals surface area contributed by atoms with Crippen LogP contribution in [0.5, 0.6) is 0 Å². The zero-order valence-electron chi connectivity index (χ0n) is 11.0. The van der Waals surface area contributed by atoms with Gasteiger partial charge in [-0.15, -0.1) is 0 Å². The molecule has 0 fully saturated rings. The maximum Gasteiger partial charge on any atom is 0.315 e. The molecule has 0 aliphatic carbocycles. The van der Waals surface area contributed by atoms with E-state index in [1.54, 1.807) is 0 Å². The third kappa shape index (κ3) is 7.60. The van der Waals surface area contributed by atoms with E-state index in [1.165, 1.54) is 0 Å². The van der Waals surface area contributed by atoms with Crippen LogP contribution in [-0.2, 0) is 4.79 Å². The number of carboxylic acid groups (broad SMARTS) is 1. The molecular formula is C12H24N2O3. The second-order valence-electron chi connectivity index (χ2n) is 4.37. The molecule has 0 radical (unpaired) electrons. The maximum atomic E-state index is 11.4. The topological polar surface area (TPSA) is 78.4 Å². The SMILES string of the molecule is CCCC(C)NC(=O)NCC(CCC)C(=O)O. The summed E-state index contributed by atoms with van der Waals surface area (Å²) in [7, 11) is 0. The van der Waals surface area contributed by atoms with E-state index in [4.69, 9.17) is 5.11 Å². The van der Waals surface area contributed by atoms with E-state index in [1.807, 2.05) is 13.8 Å². The van der Waals surface area contributed by atoms with Gasteiger partial charge >= 0.3 is 12.0 Å². The number of hydrogen-bond donors (Lipinski definition) is 3. The summed E-state index contributed by atoms with van der Waals surface area (Å²) in [6.07, 6.45) is 3.31. The smallest absolute Gasteiger partial charge is 0.315 e. The molecule has 0 bridgehead atoms. The van der Waals surface area contributed by atoms with E-state index < -0.39 is 11.9 Å². The highest BCUT2D eigenvalue weighted by Gasteiger charge is 2.17. The number of rotatable bonds is 8. The molecular weight excluding hydrogens is 220 g/mol. The van der Waals surface area contributed by atoms with Crippen LogP contribution in [0, 0.1) is 5.92 Å². The first kappa shape index (κ1) is 15.7. The Morgan fingerprint density at radius 1 is 1.18 bits per heavy atom.